The van der Waals surface area contributed by atoms with Gasteiger partial charge in [0.1, 0.15) is 11.5 Å². The van der Waals surface area contributed by atoms with Crippen LogP contribution in [0.25, 0.3) is 6.08 Å². The molecule has 0 radical (unpaired) electrons. The van der Waals surface area contributed by atoms with E-state index in [-0.39, 0.29) is 23.5 Å². The van der Waals surface area contributed by atoms with E-state index < -0.39 is 10.0 Å². The molecule has 3 rings (SSSR count). The number of ether oxygens (including phenoxy) is 1. The summed E-state index contributed by atoms with van der Waals surface area (Å²) in [4.78, 5) is 12.2. The largest absolute Gasteiger partial charge is 0.491 e. The number of rotatable bonds is 10. The van der Waals surface area contributed by atoms with Crippen molar-refractivity contribution in [2.75, 3.05) is 0 Å². The third-order valence-corrected chi connectivity index (χ3v) is 5.81. The van der Waals surface area contributed by atoms with Crippen molar-refractivity contribution in [1.29, 1.82) is 0 Å². The molecule has 0 aliphatic carbocycles. The summed E-state index contributed by atoms with van der Waals surface area (Å²) in [5.41, 5.74) is 1.67. The molecular formula is C24H26N2O5S. The van der Waals surface area contributed by atoms with E-state index in [0.717, 1.165) is 11.3 Å². The van der Waals surface area contributed by atoms with E-state index >= 15 is 0 Å². The Morgan fingerprint density at radius 1 is 1.03 bits per heavy atom. The zero-order valence-electron chi connectivity index (χ0n) is 17.9. The maximum atomic E-state index is 12.4. The van der Waals surface area contributed by atoms with E-state index in [2.05, 4.69) is 10.0 Å². The molecule has 0 saturated carbocycles. The molecule has 2 N–H and O–H groups in total. The molecule has 168 valence electrons. The van der Waals surface area contributed by atoms with Crippen LogP contribution in [0.5, 0.6) is 5.75 Å². The van der Waals surface area contributed by atoms with Crippen molar-refractivity contribution < 1.29 is 22.4 Å². The number of amides is 1. The SMILES string of the molecule is CC(C)Oc1ccc(CNC(=O)/C=C/c2ccc(S(=O)(=O)NCc3ccco3)cc2)cc1. The average Bonchev–Trinajstić information content (AvgIpc) is 3.30. The first-order valence-corrected chi connectivity index (χ1v) is 11.6. The first-order chi connectivity index (χ1) is 15.3. The Bertz CT molecular complexity index is 1130. The first kappa shape index (κ1) is 23.3. The van der Waals surface area contributed by atoms with Gasteiger partial charge in [0, 0.05) is 12.6 Å². The Kier molecular flexibility index (Phi) is 7.86. The van der Waals surface area contributed by atoms with E-state index in [0.29, 0.717) is 17.9 Å². The lowest BCUT2D eigenvalue weighted by molar-refractivity contribution is -0.116. The summed E-state index contributed by atoms with van der Waals surface area (Å²) in [7, 11) is -3.66. The van der Waals surface area contributed by atoms with E-state index in [4.69, 9.17) is 9.15 Å². The maximum Gasteiger partial charge on any atom is 0.244 e. The van der Waals surface area contributed by atoms with Gasteiger partial charge in [0.15, 0.2) is 0 Å². The zero-order valence-corrected chi connectivity index (χ0v) is 18.8. The number of hydrogen-bond donors (Lipinski definition) is 2. The van der Waals surface area contributed by atoms with Crippen LogP contribution in [0.1, 0.15) is 30.7 Å². The molecule has 0 unspecified atom stereocenters. The molecule has 7 nitrogen and oxygen atoms in total. The predicted octanol–water partition coefficient (Wildman–Crippen LogP) is 3.87. The summed E-state index contributed by atoms with van der Waals surface area (Å²) in [6.07, 6.45) is 4.63. The molecular weight excluding hydrogens is 428 g/mol. The molecule has 1 heterocycles. The van der Waals surface area contributed by atoms with Crippen LogP contribution in [0.3, 0.4) is 0 Å². The molecule has 0 bridgehead atoms. The van der Waals surface area contributed by atoms with Gasteiger partial charge in [-0.15, -0.1) is 0 Å². The third kappa shape index (κ3) is 7.11. The van der Waals surface area contributed by atoms with E-state index in [1.165, 1.54) is 24.5 Å². The molecule has 0 spiro atoms. The molecule has 1 aromatic heterocycles. The normalized spacial score (nSPS) is 11.7. The lowest BCUT2D eigenvalue weighted by Crippen LogP contribution is -2.22. The fourth-order valence-corrected chi connectivity index (χ4v) is 3.79. The molecule has 8 heteroatoms. The summed E-state index contributed by atoms with van der Waals surface area (Å²) in [5.74, 6) is 1.07. The number of nitrogens with one attached hydrogen (secondary N) is 2. The highest BCUT2D eigenvalue weighted by Gasteiger charge is 2.14. The van der Waals surface area contributed by atoms with Gasteiger partial charge in [-0.1, -0.05) is 24.3 Å². The highest BCUT2D eigenvalue weighted by Crippen LogP contribution is 2.14. The van der Waals surface area contributed by atoms with Gasteiger partial charge in [-0.2, -0.15) is 0 Å². The van der Waals surface area contributed by atoms with Crippen molar-refractivity contribution in [3.8, 4) is 5.75 Å². The van der Waals surface area contributed by atoms with Gasteiger partial charge in [0.25, 0.3) is 0 Å². The minimum Gasteiger partial charge on any atom is -0.491 e. The second-order valence-corrected chi connectivity index (χ2v) is 9.10. The summed E-state index contributed by atoms with van der Waals surface area (Å²) in [5, 5.41) is 2.81. The van der Waals surface area contributed by atoms with Crippen LogP contribution in [0.4, 0.5) is 0 Å². The smallest absolute Gasteiger partial charge is 0.244 e. The predicted molar refractivity (Wildman–Crippen MR) is 122 cm³/mol. The number of hydrogen-bond acceptors (Lipinski definition) is 5. The number of sulfonamides is 1. The van der Waals surface area contributed by atoms with Crippen LogP contribution in [0.15, 0.2) is 82.3 Å². The van der Waals surface area contributed by atoms with Crippen LogP contribution in [0, 0.1) is 0 Å². The van der Waals surface area contributed by atoms with Gasteiger partial charge in [-0.05, 0) is 67.4 Å². The Balaban J connectivity index is 1.49. The van der Waals surface area contributed by atoms with Crippen molar-refractivity contribution in [2.45, 2.75) is 37.9 Å². The van der Waals surface area contributed by atoms with Gasteiger partial charge in [-0.25, -0.2) is 13.1 Å². The monoisotopic (exact) mass is 454 g/mol. The summed E-state index contributed by atoms with van der Waals surface area (Å²) >= 11 is 0. The third-order valence-electron chi connectivity index (χ3n) is 4.40. The van der Waals surface area contributed by atoms with Crippen LogP contribution < -0.4 is 14.8 Å². The summed E-state index contributed by atoms with van der Waals surface area (Å²) in [6.45, 7) is 4.40. The van der Waals surface area contributed by atoms with Crippen molar-refractivity contribution in [3.05, 3.63) is 89.9 Å². The van der Waals surface area contributed by atoms with Crippen molar-refractivity contribution in [2.24, 2.45) is 0 Å². The van der Waals surface area contributed by atoms with Crippen LogP contribution in [-0.2, 0) is 27.9 Å². The second kappa shape index (κ2) is 10.8. The van der Waals surface area contributed by atoms with Gasteiger partial charge in [0.2, 0.25) is 15.9 Å². The van der Waals surface area contributed by atoms with Crippen LogP contribution >= 0.6 is 0 Å². The molecule has 0 aliphatic heterocycles. The fraction of sp³-hybridized carbons (Fsp3) is 0.208. The average molecular weight is 455 g/mol. The zero-order chi connectivity index (χ0) is 23.0. The molecule has 32 heavy (non-hydrogen) atoms. The maximum absolute atomic E-state index is 12.4. The molecule has 0 saturated heterocycles. The summed E-state index contributed by atoms with van der Waals surface area (Å²) in [6, 6.07) is 17.2. The Labute approximate surface area is 188 Å². The fourth-order valence-electron chi connectivity index (χ4n) is 2.80. The van der Waals surface area contributed by atoms with Crippen LogP contribution in [0.2, 0.25) is 0 Å². The molecule has 2 aromatic carbocycles. The molecule has 3 aromatic rings. The van der Waals surface area contributed by atoms with Crippen molar-refractivity contribution >= 4 is 22.0 Å². The van der Waals surface area contributed by atoms with E-state index in [1.54, 1.807) is 30.3 Å². The molecule has 1 amide bonds. The number of furan rings is 1. The summed E-state index contributed by atoms with van der Waals surface area (Å²) < 4.78 is 37.9. The Hall–Kier alpha value is -3.36. The number of benzene rings is 2. The molecule has 0 aliphatic rings. The lowest BCUT2D eigenvalue weighted by Gasteiger charge is -2.10. The molecule has 0 atom stereocenters. The van der Waals surface area contributed by atoms with Gasteiger partial charge >= 0.3 is 0 Å². The van der Waals surface area contributed by atoms with E-state index in [1.807, 2.05) is 38.1 Å². The topological polar surface area (TPSA) is 97.6 Å². The lowest BCUT2D eigenvalue weighted by atomic mass is 10.2. The highest BCUT2D eigenvalue weighted by atomic mass is 32.2. The van der Waals surface area contributed by atoms with Gasteiger partial charge in [0.05, 0.1) is 23.8 Å². The number of carbonyl (C=O) groups is 1. The minimum atomic E-state index is -3.66. The highest BCUT2D eigenvalue weighted by molar-refractivity contribution is 7.89. The number of carbonyl (C=O) groups excluding carboxylic acids is 1. The Morgan fingerprint density at radius 3 is 2.38 bits per heavy atom. The minimum absolute atomic E-state index is 0.0740. The second-order valence-electron chi connectivity index (χ2n) is 7.33. The van der Waals surface area contributed by atoms with E-state index in [9.17, 15) is 13.2 Å². The first-order valence-electron chi connectivity index (χ1n) is 10.2. The van der Waals surface area contributed by atoms with Crippen LogP contribution in [-0.4, -0.2) is 20.4 Å². The van der Waals surface area contributed by atoms with Crippen molar-refractivity contribution in [3.63, 3.8) is 0 Å². The van der Waals surface area contributed by atoms with Crippen molar-refractivity contribution in [1.82, 2.24) is 10.0 Å². The van der Waals surface area contributed by atoms with Gasteiger partial charge < -0.3 is 14.5 Å². The Morgan fingerprint density at radius 2 is 1.75 bits per heavy atom. The molecule has 0 fully saturated rings. The standard InChI is InChI=1S/C24H26N2O5S/c1-18(2)31-21-10-5-20(6-11-21)16-25-24(27)14-9-19-7-12-23(13-8-19)32(28,29)26-17-22-4-3-15-30-22/h3-15,18,26H,16-17H2,1-2H3,(H,25,27)/b14-9+. The quantitative estimate of drug-likeness (QED) is 0.453. The van der Waals surface area contributed by atoms with Gasteiger partial charge in [-0.3, -0.25) is 4.79 Å².